The minimum absolute atomic E-state index is 0. The van der Waals surface area contributed by atoms with Gasteiger partial charge in [-0.1, -0.05) is 15.9 Å². The first-order valence-corrected chi connectivity index (χ1v) is 7.73. The number of fused-ring (bicyclic) bond motifs is 2. The number of piperidine rings is 1. The molecule has 20 heavy (non-hydrogen) atoms. The zero-order chi connectivity index (χ0) is 13.4. The first-order chi connectivity index (χ1) is 9.10. The van der Waals surface area contributed by atoms with E-state index in [4.69, 9.17) is 0 Å². The average Bonchev–Trinajstić information content (AvgIpc) is 2.67. The van der Waals surface area contributed by atoms with Gasteiger partial charge in [0.2, 0.25) is 0 Å². The number of benzene rings is 1. The third kappa shape index (κ3) is 3.54. The summed E-state index contributed by atoms with van der Waals surface area (Å²) < 4.78 is 0.961. The van der Waals surface area contributed by atoms with Crippen LogP contribution >= 0.6 is 28.3 Å². The second-order valence-electron chi connectivity index (χ2n) is 5.80. The molecule has 5 heteroatoms. The number of rotatable bonds is 2. The van der Waals surface area contributed by atoms with Gasteiger partial charge in [-0.15, -0.1) is 12.4 Å². The summed E-state index contributed by atoms with van der Waals surface area (Å²) in [4.78, 5) is 12.3. The minimum Gasteiger partial charge on any atom is -0.349 e. The molecule has 0 radical (unpaired) electrons. The van der Waals surface area contributed by atoms with Crippen molar-refractivity contribution in [2.45, 2.75) is 50.7 Å². The number of carbonyl (C=O) groups excluding carboxylic acids is 1. The van der Waals surface area contributed by atoms with Gasteiger partial charge < -0.3 is 10.6 Å². The molecule has 2 unspecified atom stereocenters. The maximum atomic E-state index is 12.3. The van der Waals surface area contributed by atoms with E-state index in [0.29, 0.717) is 18.1 Å². The largest absolute Gasteiger partial charge is 0.349 e. The van der Waals surface area contributed by atoms with E-state index >= 15 is 0 Å². The fourth-order valence-electron chi connectivity index (χ4n) is 3.31. The van der Waals surface area contributed by atoms with Crippen LogP contribution in [0.25, 0.3) is 0 Å². The lowest BCUT2D eigenvalue weighted by Gasteiger charge is -2.29. The highest BCUT2D eigenvalue weighted by atomic mass is 79.9. The molecular weight excluding hydrogens is 340 g/mol. The number of carbonyl (C=O) groups is 1. The monoisotopic (exact) mass is 358 g/mol. The van der Waals surface area contributed by atoms with Crippen LogP contribution in [0, 0.1) is 6.92 Å². The highest BCUT2D eigenvalue weighted by Crippen LogP contribution is 2.27. The Hall–Kier alpha value is -0.580. The Morgan fingerprint density at radius 1 is 1.25 bits per heavy atom. The molecule has 0 aliphatic carbocycles. The van der Waals surface area contributed by atoms with Crippen molar-refractivity contribution in [1.82, 2.24) is 10.6 Å². The fraction of sp³-hybridized carbons (Fsp3) is 0.533. The zero-order valence-corrected chi connectivity index (χ0v) is 13.9. The molecule has 2 heterocycles. The molecule has 0 saturated carbocycles. The van der Waals surface area contributed by atoms with Gasteiger partial charge in [0.05, 0.1) is 0 Å². The number of hydrogen-bond donors (Lipinski definition) is 2. The van der Waals surface area contributed by atoms with Crippen molar-refractivity contribution in [3.05, 3.63) is 33.8 Å². The highest BCUT2D eigenvalue weighted by Gasteiger charge is 2.34. The third-order valence-corrected chi connectivity index (χ3v) is 4.57. The van der Waals surface area contributed by atoms with Crippen LogP contribution in [0.1, 0.15) is 41.6 Å². The molecule has 0 aromatic heterocycles. The molecule has 1 aromatic rings. The van der Waals surface area contributed by atoms with Crippen molar-refractivity contribution in [3.63, 3.8) is 0 Å². The van der Waals surface area contributed by atoms with Crippen LogP contribution in [0.15, 0.2) is 22.7 Å². The number of nitrogens with one attached hydrogen (secondary N) is 2. The molecule has 2 atom stereocenters. The molecule has 110 valence electrons. The summed E-state index contributed by atoms with van der Waals surface area (Å²) in [5, 5.41) is 6.78. The standard InChI is InChI=1S/C15H19BrN2O.ClH/c1-9-4-10(6-11(16)5-9)15(19)18-14-7-12-2-3-13(8-14)17-12;/h4-6,12-14,17H,2-3,7-8H2,1H3,(H,18,19);1H. The van der Waals surface area contributed by atoms with Crippen molar-refractivity contribution in [2.75, 3.05) is 0 Å². The normalized spacial score (nSPS) is 27.8. The van der Waals surface area contributed by atoms with Crippen LogP contribution in [0.2, 0.25) is 0 Å². The van der Waals surface area contributed by atoms with Gasteiger partial charge in [0.1, 0.15) is 0 Å². The zero-order valence-electron chi connectivity index (χ0n) is 11.5. The SMILES string of the molecule is Cc1cc(Br)cc(C(=O)NC2CC3CCC(C2)N3)c1.Cl. The second kappa shape index (κ2) is 6.46. The van der Waals surface area contributed by atoms with E-state index in [-0.39, 0.29) is 18.3 Å². The Morgan fingerprint density at radius 2 is 1.90 bits per heavy atom. The van der Waals surface area contributed by atoms with Crippen molar-refractivity contribution >= 4 is 34.2 Å². The van der Waals surface area contributed by atoms with Crippen LogP contribution in [0.5, 0.6) is 0 Å². The Labute approximate surface area is 134 Å². The topological polar surface area (TPSA) is 41.1 Å². The van der Waals surface area contributed by atoms with E-state index in [9.17, 15) is 4.79 Å². The first kappa shape index (κ1) is 15.8. The fourth-order valence-corrected chi connectivity index (χ4v) is 3.92. The molecule has 2 saturated heterocycles. The molecule has 2 bridgehead atoms. The molecule has 1 aromatic carbocycles. The number of amides is 1. The number of hydrogen-bond acceptors (Lipinski definition) is 2. The Bertz CT molecular complexity index is 476. The van der Waals surface area contributed by atoms with Gasteiger partial charge in [0, 0.05) is 28.2 Å². The molecule has 0 spiro atoms. The third-order valence-electron chi connectivity index (χ3n) is 4.11. The summed E-state index contributed by atoms with van der Waals surface area (Å²) in [6, 6.07) is 7.38. The second-order valence-corrected chi connectivity index (χ2v) is 6.71. The predicted octanol–water partition coefficient (Wildman–Crippen LogP) is 3.19. The molecule has 3 nitrogen and oxygen atoms in total. The summed E-state index contributed by atoms with van der Waals surface area (Å²) in [7, 11) is 0. The molecule has 2 fully saturated rings. The molecule has 2 N–H and O–H groups in total. The Kier molecular flexibility index (Phi) is 5.10. The summed E-state index contributed by atoms with van der Waals surface area (Å²) in [6.45, 7) is 2.01. The smallest absolute Gasteiger partial charge is 0.251 e. The number of aryl methyl sites for hydroxylation is 1. The molecule has 3 rings (SSSR count). The minimum atomic E-state index is 0. The molecular formula is C15H20BrClN2O. The van der Waals surface area contributed by atoms with Crippen LogP contribution < -0.4 is 10.6 Å². The van der Waals surface area contributed by atoms with Crippen molar-refractivity contribution < 1.29 is 4.79 Å². The highest BCUT2D eigenvalue weighted by molar-refractivity contribution is 9.10. The lowest BCUT2D eigenvalue weighted by Crippen LogP contribution is -2.48. The Morgan fingerprint density at radius 3 is 2.50 bits per heavy atom. The van der Waals surface area contributed by atoms with Crippen LogP contribution in [-0.4, -0.2) is 24.0 Å². The summed E-state index contributed by atoms with van der Waals surface area (Å²) in [5.41, 5.74) is 1.85. The average molecular weight is 360 g/mol. The van der Waals surface area contributed by atoms with Gasteiger partial charge in [0.15, 0.2) is 0 Å². The maximum Gasteiger partial charge on any atom is 0.251 e. The summed E-state index contributed by atoms with van der Waals surface area (Å²) in [5.74, 6) is 0.0516. The van der Waals surface area contributed by atoms with E-state index < -0.39 is 0 Å². The van der Waals surface area contributed by atoms with Crippen molar-refractivity contribution in [2.24, 2.45) is 0 Å². The van der Waals surface area contributed by atoms with E-state index in [0.717, 1.165) is 28.4 Å². The lowest BCUT2D eigenvalue weighted by molar-refractivity contribution is 0.0924. The van der Waals surface area contributed by atoms with Gasteiger partial charge in [-0.2, -0.15) is 0 Å². The number of halogens is 2. The van der Waals surface area contributed by atoms with Gasteiger partial charge in [-0.05, 0) is 56.4 Å². The van der Waals surface area contributed by atoms with Gasteiger partial charge >= 0.3 is 0 Å². The van der Waals surface area contributed by atoms with Gasteiger partial charge in [-0.3, -0.25) is 4.79 Å². The van der Waals surface area contributed by atoms with Crippen molar-refractivity contribution in [1.29, 1.82) is 0 Å². The molecule has 2 aliphatic rings. The quantitative estimate of drug-likeness (QED) is 0.851. The summed E-state index contributed by atoms with van der Waals surface area (Å²) in [6.07, 6.45) is 4.64. The van der Waals surface area contributed by atoms with E-state index in [2.05, 4.69) is 26.6 Å². The van der Waals surface area contributed by atoms with E-state index in [1.807, 2.05) is 25.1 Å². The van der Waals surface area contributed by atoms with Crippen molar-refractivity contribution in [3.8, 4) is 0 Å². The molecule has 1 amide bonds. The molecule has 2 aliphatic heterocycles. The lowest BCUT2D eigenvalue weighted by atomic mass is 9.99. The van der Waals surface area contributed by atoms with Gasteiger partial charge in [-0.25, -0.2) is 0 Å². The van der Waals surface area contributed by atoms with E-state index in [1.54, 1.807) is 0 Å². The van der Waals surface area contributed by atoms with Crippen LogP contribution in [-0.2, 0) is 0 Å². The van der Waals surface area contributed by atoms with Gasteiger partial charge in [0.25, 0.3) is 5.91 Å². The van der Waals surface area contributed by atoms with Crippen LogP contribution in [0.4, 0.5) is 0 Å². The maximum absolute atomic E-state index is 12.3. The van der Waals surface area contributed by atoms with Crippen LogP contribution in [0.3, 0.4) is 0 Å². The van der Waals surface area contributed by atoms with E-state index in [1.165, 1.54) is 12.8 Å². The first-order valence-electron chi connectivity index (χ1n) is 6.94. The summed E-state index contributed by atoms with van der Waals surface area (Å²) >= 11 is 3.45. The predicted molar refractivity (Wildman–Crippen MR) is 86.6 cm³/mol. The Balaban J connectivity index is 0.00000147.